The minimum atomic E-state index is -0.106. The van der Waals surface area contributed by atoms with Crippen molar-refractivity contribution in [3.63, 3.8) is 0 Å². The summed E-state index contributed by atoms with van der Waals surface area (Å²) in [5.74, 6) is 0.0463. The van der Waals surface area contributed by atoms with Crippen molar-refractivity contribution in [2.75, 3.05) is 6.54 Å². The predicted molar refractivity (Wildman–Crippen MR) is 52.0 cm³/mol. The second-order valence-electron chi connectivity index (χ2n) is 4.00. The SMILES string of the molecule is C=C(C)C(=O)N(CC)C(C)(C)C. The number of amides is 1. The maximum absolute atomic E-state index is 11.5. The molecule has 0 aliphatic carbocycles. The van der Waals surface area contributed by atoms with Crippen LogP contribution in [0.25, 0.3) is 0 Å². The van der Waals surface area contributed by atoms with Crippen molar-refractivity contribution < 1.29 is 4.79 Å². The first-order chi connectivity index (χ1) is 5.30. The third-order valence-corrected chi connectivity index (χ3v) is 1.74. The first-order valence-corrected chi connectivity index (χ1v) is 4.28. The molecule has 2 heteroatoms. The third kappa shape index (κ3) is 2.68. The van der Waals surface area contributed by atoms with Gasteiger partial charge in [-0.15, -0.1) is 0 Å². The standard InChI is InChI=1S/C10H19NO/c1-7-11(10(4,5)6)9(12)8(2)3/h2,7H2,1,3-6H3. The van der Waals surface area contributed by atoms with E-state index in [-0.39, 0.29) is 11.4 Å². The van der Waals surface area contributed by atoms with Crippen molar-refractivity contribution in [2.45, 2.75) is 40.2 Å². The highest BCUT2D eigenvalue weighted by molar-refractivity contribution is 5.92. The highest BCUT2D eigenvalue weighted by Gasteiger charge is 2.24. The van der Waals surface area contributed by atoms with Crippen molar-refractivity contribution >= 4 is 5.91 Å². The molecular weight excluding hydrogens is 150 g/mol. The molecule has 0 unspecified atom stereocenters. The summed E-state index contributed by atoms with van der Waals surface area (Å²) in [5, 5.41) is 0. The number of likely N-dealkylation sites (N-methyl/N-ethyl adjacent to an activating group) is 1. The Bertz CT molecular complexity index is 189. The minimum Gasteiger partial charge on any atom is -0.334 e. The summed E-state index contributed by atoms with van der Waals surface area (Å²) in [5.41, 5.74) is 0.497. The summed E-state index contributed by atoms with van der Waals surface area (Å²) in [6, 6.07) is 0. The zero-order valence-electron chi connectivity index (χ0n) is 8.77. The van der Waals surface area contributed by atoms with Gasteiger partial charge in [-0.3, -0.25) is 4.79 Å². The fourth-order valence-corrected chi connectivity index (χ4v) is 1.15. The van der Waals surface area contributed by atoms with Crippen molar-refractivity contribution in [1.82, 2.24) is 4.90 Å². The molecule has 0 aromatic carbocycles. The largest absolute Gasteiger partial charge is 0.334 e. The summed E-state index contributed by atoms with van der Waals surface area (Å²) in [4.78, 5) is 13.4. The molecule has 70 valence electrons. The lowest BCUT2D eigenvalue weighted by Gasteiger charge is -2.34. The Hall–Kier alpha value is -0.790. The fourth-order valence-electron chi connectivity index (χ4n) is 1.15. The number of nitrogens with zero attached hydrogens (tertiary/aromatic N) is 1. The molecule has 0 saturated heterocycles. The molecule has 0 rings (SSSR count). The normalized spacial score (nSPS) is 11.1. The Morgan fingerprint density at radius 3 is 1.92 bits per heavy atom. The molecule has 0 N–H and O–H groups in total. The van der Waals surface area contributed by atoms with Gasteiger partial charge in [-0.1, -0.05) is 6.58 Å². The van der Waals surface area contributed by atoms with Crippen LogP contribution in [-0.2, 0) is 4.79 Å². The molecule has 0 aromatic rings. The smallest absolute Gasteiger partial charge is 0.249 e. The molecule has 0 atom stereocenters. The summed E-state index contributed by atoms with van der Waals surface area (Å²) in [6.45, 7) is 14.2. The van der Waals surface area contributed by atoms with Gasteiger partial charge < -0.3 is 4.90 Å². The van der Waals surface area contributed by atoms with Crippen molar-refractivity contribution in [3.05, 3.63) is 12.2 Å². The molecule has 0 radical (unpaired) electrons. The van der Waals surface area contributed by atoms with E-state index in [0.29, 0.717) is 5.57 Å². The van der Waals surface area contributed by atoms with E-state index in [4.69, 9.17) is 0 Å². The topological polar surface area (TPSA) is 20.3 Å². The molecule has 0 bridgehead atoms. The van der Waals surface area contributed by atoms with Gasteiger partial charge in [-0.25, -0.2) is 0 Å². The van der Waals surface area contributed by atoms with Gasteiger partial charge >= 0.3 is 0 Å². The van der Waals surface area contributed by atoms with E-state index in [2.05, 4.69) is 6.58 Å². The Morgan fingerprint density at radius 1 is 1.42 bits per heavy atom. The van der Waals surface area contributed by atoms with Crippen LogP contribution >= 0.6 is 0 Å². The Labute approximate surface area is 75.3 Å². The molecule has 0 aromatic heterocycles. The number of hydrogen-bond donors (Lipinski definition) is 0. The lowest BCUT2D eigenvalue weighted by molar-refractivity contribution is -0.131. The van der Waals surface area contributed by atoms with Crippen LogP contribution < -0.4 is 0 Å². The number of rotatable bonds is 2. The Morgan fingerprint density at radius 2 is 1.83 bits per heavy atom. The summed E-state index contributed by atoms with van der Waals surface area (Å²) >= 11 is 0. The van der Waals surface area contributed by atoms with Gasteiger partial charge in [0.2, 0.25) is 5.91 Å². The van der Waals surface area contributed by atoms with Gasteiger partial charge in [0, 0.05) is 17.7 Å². The quantitative estimate of drug-likeness (QED) is 0.580. The van der Waals surface area contributed by atoms with Gasteiger partial charge in [-0.2, -0.15) is 0 Å². The molecule has 0 heterocycles. The molecule has 0 saturated carbocycles. The molecule has 0 spiro atoms. The minimum absolute atomic E-state index is 0.0463. The fraction of sp³-hybridized carbons (Fsp3) is 0.700. The molecule has 12 heavy (non-hydrogen) atoms. The highest BCUT2D eigenvalue weighted by Crippen LogP contribution is 2.14. The van der Waals surface area contributed by atoms with E-state index in [1.54, 1.807) is 6.92 Å². The monoisotopic (exact) mass is 169 g/mol. The molecule has 0 aliphatic rings. The van der Waals surface area contributed by atoms with E-state index < -0.39 is 0 Å². The average Bonchev–Trinajstić information content (AvgIpc) is 1.85. The average molecular weight is 169 g/mol. The predicted octanol–water partition coefficient (Wildman–Crippen LogP) is 2.21. The summed E-state index contributed by atoms with van der Waals surface area (Å²) in [7, 11) is 0. The lowest BCUT2D eigenvalue weighted by Crippen LogP contribution is -2.45. The van der Waals surface area contributed by atoms with Crippen LogP contribution in [0.1, 0.15) is 34.6 Å². The third-order valence-electron chi connectivity index (χ3n) is 1.74. The van der Waals surface area contributed by atoms with E-state index in [1.165, 1.54) is 0 Å². The van der Waals surface area contributed by atoms with Crippen molar-refractivity contribution in [1.29, 1.82) is 0 Å². The van der Waals surface area contributed by atoms with E-state index in [0.717, 1.165) is 6.54 Å². The van der Waals surface area contributed by atoms with Gasteiger partial charge in [-0.05, 0) is 34.6 Å². The molecule has 2 nitrogen and oxygen atoms in total. The van der Waals surface area contributed by atoms with Crippen LogP contribution in [0, 0.1) is 0 Å². The first-order valence-electron chi connectivity index (χ1n) is 4.28. The summed E-state index contributed by atoms with van der Waals surface area (Å²) < 4.78 is 0. The second-order valence-corrected chi connectivity index (χ2v) is 4.00. The maximum atomic E-state index is 11.5. The van der Waals surface area contributed by atoms with E-state index in [1.807, 2.05) is 32.6 Å². The lowest BCUT2D eigenvalue weighted by atomic mass is 10.1. The van der Waals surface area contributed by atoms with Crippen LogP contribution in [-0.4, -0.2) is 22.9 Å². The number of carbonyl (C=O) groups excluding carboxylic acids is 1. The molecule has 0 aliphatic heterocycles. The van der Waals surface area contributed by atoms with E-state index >= 15 is 0 Å². The zero-order valence-corrected chi connectivity index (χ0v) is 8.77. The Kier molecular flexibility index (Phi) is 3.50. The molecule has 1 amide bonds. The van der Waals surface area contributed by atoms with Crippen molar-refractivity contribution in [2.24, 2.45) is 0 Å². The number of carbonyl (C=O) groups is 1. The van der Waals surface area contributed by atoms with Crippen LogP contribution in [0.15, 0.2) is 12.2 Å². The first kappa shape index (κ1) is 11.2. The maximum Gasteiger partial charge on any atom is 0.249 e. The highest BCUT2D eigenvalue weighted by atomic mass is 16.2. The van der Waals surface area contributed by atoms with Crippen LogP contribution in [0.2, 0.25) is 0 Å². The number of hydrogen-bond acceptors (Lipinski definition) is 1. The van der Waals surface area contributed by atoms with E-state index in [9.17, 15) is 4.79 Å². The second kappa shape index (κ2) is 3.74. The molecule has 0 fully saturated rings. The Balaban J connectivity index is 4.58. The van der Waals surface area contributed by atoms with Gasteiger partial charge in [0.15, 0.2) is 0 Å². The van der Waals surface area contributed by atoms with Gasteiger partial charge in [0.25, 0.3) is 0 Å². The summed E-state index contributed by atoms with van der Waals surface area (Å²) in [6.07, 6.45) is 0. The van der Waals surface area contributed by atoms with Crippen LogP contribution in [0.3, 0.4) is 0 Å². The zero-order chi connectivity index (χ0) is 9.94. The van der Waals surface area contributed by atoms with Crippen LogP contribution in [0.4, 0.5) is 0 Å². The van der Waals surface area contributed by atoms with Gasteiger partial charge in [0.05, 0.1) is 0 Å². The van der Waals surface area contributed by atoms with Crippen LogP contribution in [0.5, 0.6) is 0 Å². The van der Waals surface area contributed by atoms with Crippen molar-refractivity contribution in [3.8, 4) is 0 Å². The van der Waals surface area contributed by atoms with Gasteiger partial charge in [0.1, 0.15) is 0 Å². The molecular formula is C10H19NO.